The first kappa shape index (κ1) is 18.1. The number of benzene rings is 1. The van der Waals surface area contributed by atoms with Crippen molar-refractivity contribution < 1.29 is 26.4 Å². The number of nitriles is 1. The Kier molecular flexibility index (Phi) is 3.60. The van der Waals surface area contributed by atoms with Crippen LogP contribution >= 0.6 is 0 Å². The zero-order chi connectivity index (χ0) is 19.8. The van der Waals surface area contributed by atoms with E-state index >= 15 is 0 Å². The number of anilines is 1. The molecule has 1 saturated heterocycles. The summed E-state index contributed by atoms with van der Waals surface area (Å²) in [7, 11) is -4.28. The largest absolute Gasteiger partial charge is 0.417 e. The van der Waals surface area contributed by atoms with E-state index < -0.39 is 49.8 Å². The number of nitrogens with zero attached hydrogens (tertiary/aromatic N) is 2. The fourth-order valence-electron chi connectivity index (χ4n) is 5.34. The number of amides is 1. The number of rotatable bonds is 2. The molecule has 1 aromatic rings. The third-order valence-corrected chi connectivity index (χ3v) is 9.01. The molecule has 0 radical (unpaired) electrons. The molecule has 1 aromatic carbocycles. The van der Waals surface area contributed by atoms with E-state index in [9.17, 15) is 26.4 Å². The highest BCUT2D eigenvalue weighted by Gasteiger charge is 2.74. The van der Waals surface area contributed by atoms with E-state index in [1.807, 2.05) is 0 Å². The fourth-order valence-corrected chi connectivity index (χ4v) is 8.00. The van der Waals surface area contributed by atoms with Gasteiger partial charge in [-0.15, -0.1) is 0 Å². The molecule has 2 aliphatic carbocycles. The second-order valence-corrected chi connectivity index (χ2v) is 9.48. The van der Waals surface area contributed by atoms with Crippen LogP contribution in [-0.2, 0) is 21.0 Å². The van der Waals surface area contributed by atoms with Gasteiger partial charge in [0.2, 0.25) is 5.91 Å². The van der Waals surface area contributed by atoms with Crippen molar-refractivity contribution in [2.45, 2.75) is 30.2 Å². The van der Waals surface area contributed by atoms with Gasteiger partial charge in [-0.3, -0.25) is 9.10 Å². The first-order valence-electron chi connectivity index (χ1n) is 8.48. The van der Waals surface area contributed by atoms with E-state index in [-0.39, 0.29) is 18.2 Å². The van der Waals surface area contributed by atoms with Crippen LogP contribution < -0.4 is 10.0 Å². The smallest absolute Gasteiger partial charge is 0.368 e. The molecule has 6 nitrogen and oxygen atoms in total. The van der Waals surface area contributed by atoms with Gasteiger partial charge in [0.1, 0.15) is 0 Å². The third-order valence-electron chi connectivity index (χ3n) is 6.38. The summed E-state index contributed by atoms with van der Waals surface area (Å²) in [6, 6.07) is 4.25. The maximum absolute atomic E-state index is 13.3. The lowest BCUT2D eigenvalue weighted by Gasteiger charge is -2.33. The summed E-state index contributed by atoms with van der Waals surface area (Å²) >= 11 is 0. The van der Waals surface area contributed by atoms with Crippen molar-refractivity contribution in [1.29, 1.82) is 5.26 Å². The second kappa shape index (κ2) is 5.38. The number of nitrogens with two attached hydrogens (primary N) is 1. The minimum absolute atomic E-state index is 0.0164. The molecule has 0 unspecified atom stereocenters. The number of hydrogen-bond donors (Lipinski definition) is 1. The highest BCUT2D eigenvalue weighted by atomic mass is 32.2. The molecule has 10 heteroatoms. The summed E-state index contributed by atoms with van der Waals surface area (Å²) in [5.41, 5.74) is 3.56. The summed E-state index contributed by atoms with van der Waals surface area (Å²) < 4.78 is 65.6. The molecular formula is C17H16F3N3O3S. The Labute approximate surface area is 153 Å². The molecule has 1 amide bonds. The number of halogens is 3. The Morgan fingerprint density at radius 1 is 1.33 bits per heavy atom. The van der Waals surface area contributed by atoms with Gasteiger partial charge in [0, 0.05) is 12.5 Å². The number of sulfonamides is 1. The highest BCUT2D eigenvalue weighted by molar-refractivity contribution is 7.95. The molecule has 2 N–H and O–H groups in total. The van der Waals surface area contributed by atoms with Crippen LogP contribution in [0.4, 0.5) is 18.9 Å². The molecule has 3 fully saturated rings. The molecule has 27 heavy (non-hydrogen) atoms. The molecular weight excluding hydrogens is 383 g/mol. The van der Waals surface area contributed by atoms with Crippen LogP contribution in [0.3, 0.4) is 0 Å². The molecule has 1 heterocycles. The van der Waals surface area contributed by atoms with Gasteiger partial charge in [0.25, 0.3) is 10.0 Å². The minimum atomic E-state index is -4.80. The van der Waals surface area contributed by atoms with Crippen molar-refractivity contribution in [3.05, 3.63) is 29.3 Å². The van der Waals surface area contributed by atoms with E-state index in [2.05, 4.69) is 0 Å². The van der Waals surface area contributed by atoms with Crippen molar-refractivity contribution in [2.75, 3.05) is 10.8 Å². The molecule has 2 bridgehead atoms. The van der Waals surface area contributed by atoms with Gasteiger partial charge in [-0.2, -0.15) is 18.4 Å². The average Bonchev–Trinajstić information content (AvgIpc) is 3.23. The zero-order valence-corrected chi connectivity index (χ0v) is 14.8. The first-order chi connectivity index (χ1) is 12.5. The Hall–Kier alpha value is -2.28. The lowest BCUT2D eigenvalue weighted by atomic mass is 9.78. The lowest BCUT2D eigenvalue weighted by Crippen LogP contribution is -2.57. The van der Waals surface area contributed by atoms with Crippen molar-refractivity contribution in [3.8, 4) is 6.07 Å². The Balaban J connectivity index is 1.86. The number of carbonyl (C=O) groups is 1. The predicted octanol–water partition coefficient (Wildman–Crippen LogP) is 2.00. The summed E-state index contributed by atoms with van der Waals surface area (Å²) in [6.07, 6.45) is -2.85. The quantitative estimate of drug-likeness (QED) is 0.821. The Bertz CT molecular complexity index is 985. The van der Waals surface area contributed by atoms with Crippen LogP contribution in [0.1, 0.15) is 30.4 Å². The average molecular weight is 399 g/mol. The summed E-state index contributed by atoms with van der Waals surface area (Å²) in [4.78, 5) is 12.3. The normalized spacial score (nSPS) is 33.7. The maximum Gasteiger partial charge on any atom is 0.417 e. The molecule has 2 saturated carbocycles. The molecule has 3 aliphatic rings. The number of fused-ring (bicyclic) bond motifs is 5. The SMILES string of the molecule is N#Cc1ccc(N2C[C@H]3[C@@H]4CC[C@@H](C4)[C@@]3(C(N)=O)S2(=O)=O)cc1C(F)(F)F. The fraction of sp³-hybridized carbons (Fsp3) is 0.529. The topological polar surface area (TPSA) is 104 Å². The van der Waals surface area contributed by atoms with E-state index in [4.69, 9.17) is 11.0 Å². The van der Waals surface area contributed by atoms with Gasteiger partial charge >= 0.3 is 6.18 Å². The van der Waals surface area contributed by atoms with Gasteiger partial charge in [0.15, 0.2) is 4.75 Å². The molecule has 144 valence electrons. The molecule has 0 aromatic heterocycles. The highest BCUT2D eigenvalue weighted by Crippen LogP contribution is 2.62. The zero-order valence-electron chi connectivity index (χ0n) is 14.0. The van der Waals surface area contributed by atoms with Gasteiger partial charge in [-0.25, -0.2) is 8.42 Å². The number of hydrogen-bond acceptors (Lipinski definition) is 4. The number of alkyl halides is 3. The second-order valence-electron chi connectivity index (χ2n) is 7.41. The maximum atomic E-state index is 13.3. The Morgan fingerprint density at radius 2 is 2.04 bits per heavy atom. The monoisotopic (exact) mass is 399 g/mol. The summed E-state index contributed by atoms with van der Waals surface area (Å²) in [6.45, 7) is -0.0738. The van der Waals surface area contributed by atoms with Crippen molar-refractivity contribution >= 4 is 21.6 Å². The molecule has 4 atom stereocenters. The van der Waals surface area contributed by atoms with Crippen LogP contribution in [0.25, 0.3) is 0 Å². The number of primary amides is 1. The van der Waals surface area contributed by atoms with Gasteiger partial charge < -0.3 is 5.73 Å². The summed E-state index contributed by atoms with van der Waals surface area (Å²) in [5, 5.41) is 8.92. The van der Waals surface area contributed by atoms with Gasteiger partial charge in [-0.05, 0) is 49.3 Å². The van der Waals surface area contributed by atoms with Crippen molar-refractivity contribution in [3.63, 3.8) is 0 Å². The van der Waals surface area contributed by atoms with E-state index in [0.717, 1.165) is 16.8 Å². The van der Waals surface area contributed by atoms with Crippen molar-refractivity contribution in [2.24, 2.45) is 23.5 Å². The minimum Gasteiger partial charge on any atom is -0.368 e. The van der Waals surface area contributed by atoms with Crippen LogP contribution in [0.5, 0.6) is 0 Å². The first-order valence-corrected chi connectivity index (χ1v) is 9.92. The van der Waals surface area contributed by atoms with Crippen LogP contribution in [0, 0.1) is 29.1 Å². The van der Waals surface area contributed by atoms with Crippen LogP contribution in [0.2, 0.25) is 0 Å². The van der Waals surface area contributed by atoms with E-state index in [1.54, 1.807) is 0 Å². The van der Waals surface area contributed by atoms with Crippen molar-refractivity contribution in [1.82, 2.24) is 0 Å². The standard InChI is InChI=1S/C17H16F3N3O3S/c18-17(19,20)13-6-12(4-2-10(13)7-21)23-8-14-9-1-3-11(5-9)16(14,15(22)24)27(23,25)26/h2,4,6,9,11,14H,1,3,5,8H2,(H2,22,24)/t9-,11+,14+,16-/m1/s1. The van der Waals surface area contributed by atoms with E-state index in [1.165, 1.54) is 12.1 Å². The predicted molar refractivity (Wildman–Crippen MR) is 88.7 cm³/mol. The molecule has 4 rings (SSSR count). The molecule has 1 aliphatic heterocycles. The summed E-state index contributed by atoms with van der Waals surface area (Å²) in [5.74, 6) is -1.83. The third kappa shape index (κ3) is 2.12. The lowest BCUT2D eigenvalue weighted by molar-refractivity contribution is -0.137. The van der Waals surface area contributed by atoms with Crippen LogP contribution in [-0.4, -0.2) is 25.6 Å². The number of carbonyl (C=O) groups excluding carboxylic acids is 1. The van der Waals surface area contributed by atoms with Gasteiger partial charge in [0.05, 0.1) is 22.9 Å². The van der Waals surface area contributed by atoms with Crippen LogP contribution in [0.15, 0.2) is 18.2 Å². The van der Waals surface area contributed by atoms with E-state index in [0.29, 0.717) is 18.9 Å². The Morgan fingerprint density at radius 3 is 2.59 bits per heavy atom. The van der Waals surface area contributed by atoms with Gasteiger partial charge in [-0.1, -0.05) is 0 Å². The molecule has 0 spiro atoms.